The lowest BCUT2D eigenvalue weighted by molar-refractivity contribution is -0.184. The molecule has 0 radical (unpaired) electrons. The average Bonchev–Trinajstić information content (AvgIpc) is 2.07. The molecule has 5 heteroatoms. The van der Waals surface area contributed by atoms with Gasteiger partial charge in [0.05, 0.1) is 0 Å². The second-order valence-electron chi connectivity index (χ2n) is 4.01. The van der Waals surface area contributed by atoms with E-state index < -0.39 is 12.2 Å². The van der Waals surface area contributed by atoms with Crippen LogP contribution < -0.4 is 5.73 Å². The predicted molar refractivity (Wildman–Crippen MR) is 48.9 cm³/mol. The molecule has 1 aliphatic heterocycles. The van der Waals surface area contributed by atoms with Gasteiger partial charge in [-0.2, -0.15) is 13.2 Å². The molecule has 1 aliphatic rings. The minimum Gasteiger partial charge on any atom is -0.329 e. The number of halogens is 3. The molecule has 0 bridgehead atoms. The van der Waals surface area contributed by atoms with Crippen molar-refractivity contribution in [2.75, 3.05) is 19.6 Å². The van der Waals surface area contributed by atoms with Crippen LogP contribution in [-0.2, 0) is 0 Å². The summed E-state index contributed by atoms with van der Waals surface area (Å²) in [5.41, 5.74) is 5.16. The third-order valence-corrected chi connectivity index (χ3v) is 2.86. The summed E-state index contributed by atoms with van der Waals surface area (Å²) in [5.74, 6) is 0.540. The van der Waals surface area contributed by atoms with E-state index in [9.17, 15) is 13.2 Å². The number of nitrogens with two attached hydrogens (primary N) is 1. The summed E-state index contributed by atoms with van der Waals surface area (Å²) < 4.78 is 37.4. The Bertz CT molecular complexity index is 173. The van der Waals surface area contributed by atoms with Crippen LogP contribution >= 0.6 is 0 Å². The van der Waals surface area contributed by atoms with Crippen LogP contribution in [0.5, 0.6) is 0 Å². The van der Waals surface area contributed by atoms with E-state index in [4.69, 9.17) is 5.73 Å². The zero-order chi connectivity index (χ0) is 10.8. The third kappa shape index (κ3) is 2.85. The van der Waals surface area contributed by atoms with E-state index >= 15 is 0 Å². The number of rotatable bonds is 2. The molecule has 1 rings (SSSR count). The van der Waals surface area contributed by atoms with Crippen LogP contribution in [0.25, 0.3) is 0 Å². The van der Waals surface area contributed by atoms with Gasteiger partial charge in [0, 0.05) is 6.54 Å². The highest BCUT2D eigenvalue weighted by molar-refractivity contribution is 4.82. The van der Waals surface area contributed by atoms with E-state index in [-0.39, 0.29) is 6.54 Å². The average molecular weight is 210 g/mol. The highest BCUT2D eigenvalue weighted by Crippen LogP contribution is 2.27. The summed E-state index contributed by atoms with van der Waals surface area (Å²) in [6.45, 7) is 2.77. The first-order chi connectivity index (χ1) is 6.45. The summed E-state index contributed by atoms with van der Waals surface area (Å²) in [4.78, 5) is 1.46. The fourth-order valence-corrected chi connectivity index (χ4v) is 1.83. The fraction of sp³-hybridized carbons (Fsp3) is 1.00. The number of nitrogens with zero attached hydrogens (tertiary/aromatic N) is 1. The Balaban J connectivity index is 2.54. The smallest absolute Gasteiger partial charge is 0.329 e. The quantitative estimate of drug-likeness (QED) is 0.750. The number of alkyl halides is 3. The molecule has 0 aromatic carbocycles. The summed E-state index contributed by atoms with van der Waals surface area (Å²) in [6.07, 6.45) is -2.51. The monoisotopic (exact) mass is 210 g/mol. The van der Waals surface area contributed by atoms with Gasteiger partial charge in [-0.05, 0) is 31.8 Å². The largest absolute Gasteiger partial charge is 0.405 e. The van der Waals surface area contributed by atoms with Gasteiger partial charge >= 0.3 is 6.18 Å². The SMILES string of the molecule is CC1CCN([C@H](CN)C(F)(F)F)CC1. The summed E-state index contributed by atoms with van der Waals surface area (Å²) in [6, 6.07) is -1.45. The maximum atomic E-state index is 12.5. The molecule has 1 atom stereocenters. The van der Waals surface area contributed by atoms with E-state index in [0.29, 0.717) is 19.0 Å². The molecule has 0 amide bonds. The number of piperidine rings is 1. The van der Waals surface area contributed by atoms with Crippen LogP contribution in [0.15, 0.2) is 0 Å². The van der Waals surface area contributed by atoms with Crippen LogP contribution in [0, 0.1) is 5.92 Å². The van der Waals surface area contributed by atoms with Crippen molar-refractivity contribution >= 4 is 0 Å². The molecule has 0 aromatic rings. The molecule has 0 saturated carbocycles. The Labute approximate surface area is 82.2 Å². The Hall–Kier alpha value is -0.290. The molecular formula is C9H17F3N2. The van der Waals surface area contributed by atoms with Crippen molar-refractivity contribution in [2.24, 2.45) is 11.7 Å². The van der Waals surface area contributed by atoms with Crippen molar-refractivity contribution in [2.45, 2.75) is 32.0 Å². The molecule has 14 heavy (non-hydrogen) atoms. The second-order valence-corrected chi connectivity index (χ2v) is 4.01. The van der Waals surface area contributed by atoms with Crippen LogP contribution in [0.2, 0.25) is 0 Å². The van der Waals surface area contributed by atoms with Crippen LogP contribution in [0.4, 0.5) is 13.2 Å². The van der Waals surface area contributed by atoms with E-state index in [0.717, 1.165) is 12.8 Å². The van der Waals surface area contributed by atoms with Crippen LogP contribution in [0.3, 0.4) is 0 Å². The van der Waals surface area contributed by atoms with E-state index in [1.807, 2.05) is 0 Å². The second kappa shape index (κ2) is 4.49. The number of likely N-dealkylation sites (tertiary alicyclic amines) is 1. The maximum Gasteiger partial charge on any atom is 0.405 e. The minimum absolute atomic E-state index is 0.335. The van der Waals surface area contributed by atoms with E-state index in [1.165, 1.54) is 4.90 Å². The summed E-state index contributed by atoms with van der Waals surface area (Å²) >= 11 is 0. The first kappa shape index (κ1) is 11.8. The van der Waals surface area contributed by atoms with Gasteiger partial charge in [0.1, 0.15) is 6.04 Å². The Kier molecular flexibility index (Phi) is 3.78. The first-order valence-electron chi connectivity index (χ1n) is 4.96. The molecule has 1 heterocycles. The molecule has 2 nitrogen and oxygen atoms in total. The Morgan fingerprint density at radius 2 is 1.86 bits per heavy atom. The van der Waals surface area contributed by atoms with Crippen molar-refractivity contribution in [3.8, 4) is 0 Å². The van der Waals surface area contributed by atoms with Crippen LogP contribution in [0.1, 0.15) is 19.8 Å². The van der Waals surface area contributed by atoms with Gasteiger partial charge in [0.25, 0.3) is 0 Å². The van der Waals surface area contributed by atoms with Crippen molar-refractivity contribution in [3.63, 3.8) is 0 Å². The predicted octanol–water partition coefficient (Wildman–Crippen LogP) is 1.61. The number of hydrogen-bond donors (Lipinski definition) is 1. The zero-order valence-electron chi connectivity index (χ0n) is 8.35. The highest BCUT2D eigenvalue weighted by Gasteiger charge is 2.43. The van der Waals surface area contributed by atoms with Gasteiger partial charge in [0.2, 0.25) is 0 Å². The summed E-state index contributed by atoms with van der Waals surface area (Å²) in [7, 11) is 0. The van der Waals surface area contributed by atoms with Gasteiger partial charge in [-0.25, -0.2) is 0 Å². The Morgan fingerprint density at radius 3 is 2.21 bits per heavy atom. The normalized spacial score (nSPS) is 23.8. The van der Waals surface area contributed by atoms with Crippen LogP contribution in [-0.4, -0.2) is 36.8 Å². The molecule has 2 N–H and O–H groups in total. The van der Waals surface area contributed by atoms with Crippen molar-refractivity contribution in [1.29, 1.82) is 0 Å². The number of hydrogen-bond acceptors (Lipinski definition) is 2. The fourth-order valence-electron chi connectivity index (χ4n) is 1.83. The topological polar surface area (TPSA) is 29.3 Å². The lowest BCUT2D eigenvalue weighted by atomic mass is 9.98. The van der Waals surface area contributed by atoms with E-state index in [1.54, 1.807) is 0 Å². The van der Waals surface area contributed by atoms with Gasteiger partial charge in [-0.15, -0.1) is 0 Å². The molecule has 1 saturated heterocycles. The molecule has 0 unspecified atom stereocenters. The molecular weight excluding hydrogens is 193 g/mol. The molecule has 0 spiro atoms. The standard InChI is InChI=1S/C9H17F3N2/c1-7-2-4-14(5-3-7)8(6-13)9(10,11)12/h7-8H,2-6,13H2,1H3/t8-/m1/s1. The van der Waals surface area contributed by atoms with Crippen molar-refractivity contribution in [3.05, 3.63) is 0 Å². The molecule has 0 aliphatic carbocycles. The van der Waals surface area contributed by atoms with Gasteiger partial charge in [-0.3, -0.25) is 4.90 Å². The molecule has 84 valence electrons. The minimum atomic E-state index is -4.19. The third-order valence-electron chi connectivity index (χ3n) is 2.86. The van der Waals surface area contributed by atoms with Crippen molar-refractivity contribution in [1.82, 2.24) is 4.90 Å². The van der Waals surface area contributed by atoms with Gasteiger partial charge in [-0.1, -0.05) is 6.92 Å². The lowest BCUT2D eigenvalue weighted by Crippen LogP contribution is -2.52. The summed E-state index contributed by atoms with van der Waals surface area (Å²) in [5, 5.41) is 0. The molecule has 1 fully saturated rings. The lowest BCUT2D eigenvalue weighted by Gasteiger charge is -2.36. The van der Waals surface area contributed by atoms with Crippen molar-refractivity contribution < 1.29 is 13.2 Å². The first-order valence-corrected chi connectivity index (χ1v) is 4.96. The maximum absolute atomic E-state index is 12.5. The van der Waals surface area contributed by atoms with Gasteiger partial charge < -0.3 is 5.73 Å². The zero-order valence-corrected chi connectivity index (χ0v) is 8.35. The molecule has 0 aromatic heterocycles. The van der Waals surface area contributed by atoms with Gasteiger partial charge in [0.15, 0.2) is 0 Å². The van der Waals surface area contributed by atoms with E-state index in [2.05, 4.69) is 6.92 Å². The highest BCUT2D eigenvalue weighted by atomic mass is 19.4. The Morgan fingerprint density at radius 1 is 1.36 bits per heavy atom.